The summed E-state index contributed by atoms with van der Waals surface area (Å²) in [7, 11) is 1.64. The van der Waals surface area contributed by atoms with Gasteiger partial charge in [-0.25, -0.2) is 0 Å². The van der Waals surface area contributed by atoms with E-state index < -0.39 is 0 Å². The van der Waals surface area contributed by atoms with E-state index in [9.17, 15) is 9.59 Å². The smallest absolute Gasteiger partial charge is 0.270 e. The van der Waals surface area contributed by atoms with Gasteiger partial charge in [-0.1, -0.05) is 18.2 Å². The van der Waals surface area contributed by atoms with Crippen LogP contribution in [0.25, 0.3) is 10.9 Å². The second kappa shape index (κ2) is 7.50. The van der Waals surface area contributed by atoms with Crippen LogP contribution in [0.5, 0.6) is 0 Å². The maximum atomic E-state index is 12.8. The largest absolute Gasteiger partial charge is 0.350 e. The van der Waals surface area contributed by atoms with Crippen LogP contribution in [-0.2, 0) is 4.79 Å². The number of aryl methyl sites for hydroxylation is 4. The Morgan fingerprint density at radius 3 is 2.39 bits per heavy atom. The molecule has 0 aliphatic heterocycles. The molecule has 1 heterocycles. The minimum Gasteiger partial charge on any atom is -0.350 e. The molecule has 146 valence electrons. The summed E-state index contributed by atoms with van der Waals surface area (Å²) in [6, 6.07) is 9.78. The Kier molecular flexibility index (Phi) is 5.27. The zero-order valence-corrected chi connectivity index (χ0v) is 17.4. The lowest BCUT2D eigenvalue weighted by Gasteiger charge is -2.17. The summed E-state index contributed by atoms with van der Waals surface area (Å²) < 4.78 is 0. The number of carbonyl (C=O) groups excluding carboxylic acids is 2. The standard InChI is InChI=1S/C23H27N3O2/c1-13-8-7-9-19(16(13)4)24-21(27)12-26(6)23(28)20-11-18-15(3)10-14(2)17(5)22(18)25-20/h7-11,25H,12H2,1-6H3,(H,24,27). The Balaban J connectivity index is 1.76. The van der Waals surface area contributed by atoms with Crippen LogP contribution in [0, 0.1) is 34.6 Å². The van der Waals surface area contributed by atoms with Crippen LogP contribution in [0.2, 0.25) is 0 Å². The second-order valence-electron chi connectivity index (χ2n) is 7.56. The highest BCUT2D eigenvalue weighted by molar-refractivity contribution is 6.02. The van der Waals surface area contributed by atoms with Crippen molar-refractivity contribution in [2.75, 3.05) is 18.9 Å². The molecule has 0 unspecified atom stereocenters. The molecule has 28 heavy (non-hydrogen) atoms. The number of nitrogens with one attached hydrogen (secondary N) is 2. The van der Waals surface area contributed by atoms with E-state index in [1.165, 1.54) is 10.5 Å². The van der Waals surface area contributed by atoms with Gasteiger partial charge in [0, 0.05) is 23.6 Å². The van der Waals surface area contributed by atoms with E-state index in [2.05, 4.69) is 23.3 Å². The fourth-order valence-electron chi connectivity index (χ4n) is 3.45. The number of amides is 2. The SMILES string of the molecule is Cc1cccc(NC(=O)CN(C)C(=O)c2cc3c(C)cc(C)c(C)c3[nH]2)c1C. The van der Waals surface area contributed by atoms with Gasteiger partial charge in [0.1, 0.15) is 5.69 Å². The minimum absolute atomic E-state index is 0.0153. The average Bonchev–Trinajstić information content (AvgIpc) is 3.09. The summed E-state index contributed by atoms with van der Waals surface area (Å²) in [5.74, 6) is -0.423. The van der Waals surface area contributed by atoms with Gasteiger partial charge in [0.25, 0.3) is 5.91 Å². The average molecular weight is 377 g/mol. The molecule has 2 aromatic carbocycles. The lowest BCUT2D eigenvalue weighted by Crippen LogP contribution is -2.35. The molecule has 2 N–H and O–H groups in total. The van der Waals surface area contributed by atoms with E-state index >= 15 is 0 Å². The van der Waals surface area contributed by atoms with Crippen molar-refractivity contribution in [3.8, 4) is 0 Å². The Hall–Kier alpha value is -3.08. The van der Waals surface area contributed by atoms with Crippen molar-refractivity contribution in [1.29, 1.82) is 0 Å². The van der Waals surface area contributed by atoms with E-state index in [0.29, 0.717) is 5.69 Å². The first-order valence-electron chi connectivity index (χ1n) is 9.40. The predicted octanol–water partition coefficient (Wildman–Crippen LogP) is 4.42. The van der Waals surface area contributed by atoms with Gasteiger partial charge in [0.15, 0.2) is 0 Å². The van der Waals surface area contributed by atoms with Crippen molar-refractivity contribution in [2.24, 2.45) is 0 Å². The number of hydrogen-bond donors (Lipinski definition) is 2. The van der Waals surface area contributed by atoms with Crippen LogP contribution in [0.15, 0.2) is 30.3 Å². The van der Waals surface area contributed by atoms with Crippen LogP contribution in [0.4, 0.5) is 5.69 Å². The van der Waals surface area contributed by atoms with Gasteiger partial charge in [-0.15, -0.1) is 0 Å². The first-order valence-corrected chi connectivity index (χ1v) is 9.40. The zero-order chi connectivity index (χ0) is 20.6. The van der Waals surface area contributed by atoms with Crippen LogP contribution in [0.3, 0.4) is 0 Å². The monoisotopic (exact) mass is 377 g/mol. The van der Waals surface area contributed by atoms with E-state index in [1.807, 2.05) is 52.0 Å². The lowest BCUT2D eigenvalue weighted by molar-refractivity contribution is -0.116. The molecule has 0 saturated heterocycles. The highest BCUT2D eigenvalue weighted by Crippen LogP contribution is 2.26. The van der Waals surface area contributed by atoms with Crippen LogP contribution in [0.1, 0.15) is 38.3 Å². The van der Waals surface area contributed by atoms with Gasteiger partial charge >= 0.3 is 0 Å². The van der Waals surface area contributed by atoms with Gasteiger partial charge in [-0.05, 0) is 74.6 Å². The number of H-pyrrole nitrogens is 1. The number of hydrogen-bond acceptors (Lipinski definition) is 2. The van der Waals surface area contributed by atoms with Gasteiger partial charge in [0.2, 0.25) is 5.91 Å². The zero-order valence-electron chi connectivity index (χ0n) is 17.4. The number of likely N-dealkylation sites (N-methyl/N-ethyl adjacent to an activating group) is 1. The summed E-state index contributed by atoms with van der Waals surface area (Å²) in [5.41, 5.74) is 7.84. The Morgan fingerprint density at radius 2 is 1.68 bits per heavy atom. The van der Waals surface area contributed by atoms with E-state index in [0.717, 1.165) is 38.8 Å². The highest BCUT2D eigenvalue weighted by Gasteiger charge is 2.19. The topological polar surface area (TPSA) is 65.2 Å². The molecule has 0 fully saturated rings. The van der Waals surface area contributed by atoms with Crippen molar-refractivity contribution in [2.45, 2.75) is 34.6 Å². The van der Waals surface area contributed by atoms with Gasteiger partial charge in [-0.3, -0.25) is 9.59 Å². The molecule has 0 spiro atoms. The third-order valence-corrected chi connectivity index (χ3v) is 5.48. The van der Waals surface area contributed by atoms with E-state index in [-0.39, 0.29) is 18.4 Å². The molecule has 1 aromatic heterocycles. The number of nitrogens with zero attached hydrogens (tertiary/aromatic N) is 1. The number of aromatic nitrogens is 1. The number of anilines is 1. The van der Waals surface area contributed by atoms with Crippen LogP contribution >= 0.6 is 0 Å². The highest BCUT2D eigenvalue weighted by atomic mass is 16.2. The first-order chi connectivity index (χ1) is 13.2. The Labute approximate surface area is 165 Å². The molecule has 0 aliphatic carbocycles. The number of benzene rings is 2. The molecule has 5 nitrogen and oxygen atoms in total. The van der Waals surface area contributed by atoms with Crippen LogP contribution < -0.4 is 5.32 Å². The van der Waals surface area contributed by atoms with Gasteiger partial charge in [-0.2, -0.15) is 0 Å². The summed E-state index contributed by atoms with van der Waals surface area (Å²) in [4.78, 5) is 30.0. The molecule has 0 atom stereocenters. The summed E-state index contributed by atoms with van der Waals surface area (Å²) >= 11 is 0. The normalized spacial score (nSPS) is 10.9. The van der Waals surface area contributed by atoms with E-state index in [1.54, 1.807) is 7.05 Å². The molecule has 0 aliphatic rings. The molecule has 5 heteroatoms. The Bertz CT molecular complexity index is 1080. The molecule has 0 bridgehead atoms. The van der Waals surface area contributed by atoms with Crippen molar-refractivity contribution in [3.63, 3.8) is 0 Å². The first kappa shape index (κ1) is 19.7. The molecule has 2 amide bonds. The fraction of sp³-hybridized carbons (Fsp3) is 0.304. The summed E-state index contributed by atoms with van der Waals surface area (Å²) in [6.45, 7) is 10.1. The lowest BCUT2D eigenvalue weighted by atomic mass is 10.0. The molecule has 3 aromatic rings. The van der Waals surface area contributed by atoms with Crippen molar-refractivity contribution in [1.82, 2.24) is 9.88 Å². The molecule has 3 rings (SSSR count). The third-order valence-electron chi connectivity index (χ3n) is 5.48. The molecular formula is C23H27N3O2. The number of aromatic amines is 1. The van der Waals surface area contributed by atoms with E-state index in [4.69, 9.17) is 0 Å². The summed E-state index contributed by atoms with van der Waals surface area (Å²) in [6.07, 6.45) is 0. The molecule has 0 saturated carbocycles. The molecular weight excluding hydrogens is 350 g/mol. The predicted molar refractivity (Wildman–Crippen MR) is 114 cm³/mol. The van der Waals surface area contributed by atoms with Crippen molar-refractivity contribution < 1.29 is 9.59 Å². The van der Waals surface area contributed by atoms with Crippen LogP contribution in [-0.4, -0.2) is 35.3 Å². The quantitative estimate of drug-likeness (QED) is 0.707. The Morgan fingerprint density at radius 1 is 0.964 bits per heavy atom. The third kappa shape index (κ3) is 3.65. The van der Waals surface area contributed by atoms with Crippen molar-refractivity contribution >= 4 is 28.4 Å². The molecule has 0 radical (unpaired) electrons. The van der Waals surface area contributed by atoms with Gasteiger partial charge < -0.3 is 15.2 Å². The fourth-order valence-corrected chi connectivity index (χ4v) is 3.45. The van der Waals surface area contributed by atoms with Gasteiger partial charge in [0.05, 0.1) is 6.54 Å². The summed E-state index contributed by atoms with van der Waals surface area (Å²) in [5, 5.41) is 3.94. The second-order valence-corrected chi connectivity index (χ2v) is 7.56. The van der Waals surface area contributed by atoms with Crippen molar-refractivity contribution in [3.05, 3.63) is 63.8 Å². The minimum atomic E-state index is -0.219. The maximum Gasteiger partial charge on any atom is 0.270 e. The number of carbonyl (C=O) groups is 2. The number of rotatable bonds is 4. The maximum absolute atomic E-state index is 12.8. The number of fused-ring (bicyclic) bond motifs is 1.